The van der Waals surface area contributed by atoms with Gasteiger partial charge in [-0.2, -0.15) is 0 Å². The van der Waals surface area contributed by atoms with Crippen molar-refractivity contribution in [2.24, 2.45) is 5.11 Å². The molecule has 0 aromatic heterocycles. The number of benzene rings is 1. The zero-order valence-electron chi connectivity index (χ0n) is 13.0. The quantitative estimate of drug-likeness (QED) is 0.362. The Kier molecular flexibility index (Phi) is 6.73. The molecule has 1 N–H and O–H groups in total. The molecule has 2 aliphatic heterocycles. The summed E-state index contributed by atoms with van der Waals surface area (Å²) in [6.45, 7) is 2.46. The number of nitrogens with zero attached hydrogens (tertiary/aromatic N) is 3. The lowest BCUT2D eigenvalue weighted by Gasteiger charge is -2.46. The summed E-state index contributed by atoms with van der Waals surface area (Å²) < 4.78 is 17.6. The van der Waals surface area contributed by atoms with Crippen LogP contribution in [0, 0.1) is 0 Å². The van der Waals surface area contributed by atoms with Crippen molar-refractivity contribution in [2.75, 3.05) is 13.3 Å². The van der Waals surface area contributed by atoms with Gasteiger partial charge >= 0.3 is 0 Å². The van der Waals surface area contributed by atoms with E-state index in [1.165, 1.54) is 11.8 Å². The summed E-state index contributed by atoms with van der Waals surface area (Å²) in [5.41, 5.74) is 8.38. The Morgan fingerprint density at radius 3 is 2.83 bits per heavy atom. The first-order valence-electron chi connectivity index (χ1n) is 7.51. The highest BCUT2D eigenvalue weighted by molar-refractivity contribution is 8.11. The van der Waals surface area contributed by atoms with E-state index in [0.717, 1.165) is 13.2 Å². The van der Waals surface area contributed by atoms with Gasteiger partial charge in [0.1, 0.15) is 23.7 Å². The van der Waals surface area contributed by atoms with E-state index in [9.17, 15) is 5.11 Å². The molecule has 7 nitrogen and oxygen atoms in total. The zero-order chi connectivity index (χ0) is 16.9. The second kappa shape index (κ2) is 8.79. The predicted octanol–water partition coefficient (Wildman–Crippen LogP) is 3.14. The van der Waals surface area contributed by atoms with Gasteiger partial charge in [-0.3, -0.25) is 0 Å². The lowest BCUT2D eigenvalue weighted by atomic mass is 9.98. The van der Waals surface area contributed by atoms with Crippen molar-refractivity contribution in [2.45, 2.75) is 40.7 Å². The van der Waals surface area contributed by atoms with Crippen LogP contribution < -0.4 is 0 Å². The molecule has 2 heterocycles. The van der Waals surface area contributed by atoms with Crippen molar-refractivity contribution in [3.8, 4) is 0 Å². The topological polar surface area (TPSA) is 96.7 Å². The maximum Gasteiger partial charge on any atom is 0.177 e. The van der Waals surface area contributed by atoms with Gasteiger partial charge in [-0.25, -0.2) is 0 Å². The summed E-state index contributed by atoms with van der Waals surface area (Å²) in [6.07, 6.45) is -1.82. The molecule has 0 aliphatic carbocycles. The monoisotopic (exact) mass is 387 g/mol. The van der Waals surface area contributed by atoms with E-state index in [4.69, 9.17) is 19.7 Å². The van der Waals surface area contributed by atoms with E-state index in [-0.39, 0.29) is 12.1 Å². The van der Waals surface area contributed by atoms with Crippen LogP contribution in [0.4, 0.5) is 0 Å². The van der Waals surface area contributed by atoms with Crippen LogP contribution in [0.3, 0.4) is 0 Å². The Balaban J connectivity index is 1.76. The van der Waals surface area contributed by atoms with Crippen LogP contribution in [0.25, 0.3) is 10.4 Å². The van der Waals surface area contributed by atoms with Crippen LogP contribution >= 0.6 is 28.3 Å². The van der Waals surface area contributed by atoms with Gasteiger partial charge < -0.3 is 19.3 Å². The predicted molar refractivity (Wildman–Crippen MR) is 97.1 cm³/mol. The Labute approximate surface area is 147 Å². The minimum Gasteiger partial charge on any atom is -0.390 e. The average Bonchev–Trinajstić information content (AvgIpc) is 2.60. The third-order valence-electron chi connectivity index (χ3n) is 3.78. The van der Waals surface area contributed by atoms with Gasteiger partial charge in [-0.15, -0.1) is 0 Å². The maximum absolute atomic E-state index is 10.7. The highest BCUT2D eigenvalue weighted by Gasteiger charge is 2.49. The number of aliphatic hydroxyl groups is 1. The minimum atomic E-state index is -0.919. The Morgan fingerprint density at radius 1 is 1.33 bits per heavy atom. The molecule has 3 rings (SSSR count). The van der Waals surface area contributed by atoms with Crippen LogP contribution in [0.5, 0.6) is 0 Å². The number of hydrogen-bond acceptors (Lipinski definition) is 6. The third kappa shape index (κ3) is 4.21. The van der Waals surface area contributed by atoms with Gasteiger partial charge in [-0.1, -0.05) is 43.3 Å². The minimum absolute atomic E-state index is 0.308. The van der Waals surface area contributed by atoms with Crippen LogP contribution in [0.2, 0.25) is 0 Å². The standard InChI is InChI=1S/C14H19N3O4P2S/c1-22-23-14-19-7-9-12(21-14)11(18)10(16-17-15)13(20-9)24-8-5-3-2-4-6-8/h2-6,9-14,18,22-23H,7H2,1H3/t9?,10-,11?,12+,13-,14?/m0/s1. The normalized spacial score (nSPS) is 36.8. The molecule has 130 valence electrons. The second-order valence-electron chi connectivity index (χ2n) is 5.32. The van der Waals surface area contributed by atoms with Gasteiger partial charge in [-0.05, 0) is 32.6 Å². The molecule has 2 saturated heterocycles. The van der Waals surface area contributed by atoms with Crippen LogP contribution in [-0.4, -0.2) is 54.2 Å². The summed E-state index contributed by atoms with van der Waals surface area (Å²) in [5.74, 6) is 0. The molecule has 8 atom stereocenters. The van der Waals surface area contributed by atoms with Gasteiger partial charge in [0.25, 0.3) is 0 Å². The summed E-state index contributed by atoms with van der Waals surface area (Å²) in [7, 11) is 1.25. The van der Waals surface area contributed by atoms with Crippen molar-refractivity contribution in [1.29, 1.82) is 0 Å². The lowest BCUT2D eigenvalue weighted by molar-refractivity contribution is -0.274. The molecule has 0 bridgehead atoms. The average molecular weight is 387 g/mol. The summed E-state index contributed by atoms with van der Waals surface area (Å²) >= 11 is 1.43. The highest BCUT2D eigenvalue weighted by Crippen LogP contribution is 2.44. The van der Waals surface area contributed by atoms with E-state index >= 15 is 0 Å². The smallest absolute Gasteiger partial charge is 0.177 e. The molecule has 1 aromatic carbocycles. The van der Waals surface area contributed by atoms with Crippen molar-refractivity contribution in [1.82, 2.24) is 0 Å². The fourth-order valence-corrected chi connectivity index (χ4v) is 5.62. The van der Waals surface area contributed by atoms with Crippen LogP contribution in [0.15, 0.2) is 40.3 Å². The highest BCUT2D eigenvalue weighted by atomic mass is 32.2. The van der Waals surface area contributed by atoms with Crippen molar-refractivity contribution < 1.29 is 19.3 Å². The van der Waals surface area contributed by atoms with Crippen LogP contribution in [0.1, 0.15) is 0 Å². The molecule has 5 unspecified atom stereocenters. The first-order chi connectivity index (χ1) is 11.7. The van der Waals surface area contributed by atoms with E-state index in [0.29, 0.717) is 14.9 Å². The number of hydrogen-bond donors (Lipinski definition) is 1. The van der Waals surface area contributed by atoms with Crippen molar-refractivity contribution in [3.05, 3.63) is 40.8 Å². The summed E-state index contributed by atoms with van der Waals surface area (Å²) in [4.78, 5) is 3.86. The van der Waals surface area contributed by atoms with Crippen molar-refractivity contribution >= 4 is 28.3 Å². The van der Waals surface area contributed by atoms with E-state index in [1.54, 1.807) is 0 Å². The summed E-state index contributed by atoms with van der Waals surface area (Å²) in [6, 6.07) is 8.66. The molecule has 1 aromatic rings. The molecule has 2 aliphatic rings. The van der Waals surface area contributed by atoms with Gasteiger partial charge in [0.05, 0.1) is 12.7 Å². The molecule has 2 fully saturated rings. The Hall–Kier alpha value is -0.420. The number of rotatable bonds is 5. The molecule has 0 radical (unpaired) electrons. The van der Waals surface area contributed by atoms with Gasteiger partial charge in [0, 0.05) is 9.81 Å². The summed E-state index contributed by atoms with van der Waals surface area (Å²) in [5, 5.41) is 14.5. The molecular formula is C14H19N3O4P2S. The molecule has 0 spiro atoms. The first-order valence-corrected chi connectivity index (χ1v) is 12.0. The maximum atomic E-state index is 10.7. The van der Waals surface area contributed by atoms with E-state index < -0.39 is 23.7 Å². The second-order valence-corrected chi connectivity index (χ2v) is 10.1. The largest absolute Gasteiger partial charge is 0.390 e. The van der Waals surface area contributed by atoms with Gasteiger partial charge in [0.2, 0.25) is 0 Å². The van der Waals surface area contributed by atoms with E-state index in [2.05, 4.69) is 16.7 Å². The number of azide groups is 1. The molecule has 24 heavy (non-hydrogen) atoms. The fourth-order valence-electron chi connectivity index (χ4n) is 2.68. The fraction of sp³-hybridized carbons (Fsp3) is 0.571. The molecule has 0 amide bonds. The third-order valence-corrected chi connectivity index (χ3v) is 7.34. The molecule has 10 heteroatoms. The first kappa shape index (κ1) is 18.4. The number of thioether (sulfide) groups is 1. The number of ether oxygens (including phenoxy) is 3. The molecule has 0 saturated carbocycles. The Bertz CT molecular complexity index is 593. The van der Waals surface area contributed by atoms with Gasteiger partial charge in [0.15, 0.2) is 6.03 Å². The Morgan fingerprint density at radius 2 is 2.12 bits per heavy atom. The zero-order valence-corrected chi connectivity index (χ0v) is 15.8. The van der Waals surface area contributed by atoms with Crippen LogP contribution in [-0.2, 0) is 14.2 Å². The van der Waals surface area contributed by atoms with E-state index in [1.807, 2.05) is 30.3 Å². The van der Waals surface area contributed by atoms with Crippen molar-refractivity contribution in [3.63, 3.8) is 0 Å². The number of fused-ring (bicyclic) bond motifs is 1. The SMILES string of the molecule is CPPC1OCC2O[C@@H](Sc3ccccc3)[C@@H](N=[N+]=[N-])C(O)[C@@H]2O1. The lowest BCUT2D eigenvalue weighted by Crippen LogP contribution is -2.60. The molecular weight excluding hydrogens is 368 g/mol. The number of aliphatic hydroxyl groups excluding tert-OH is 1.